The van der Waals surface area contributed by atoms with Crippen molar-refractivity contribution in [1.82, 2.24) is 5.32 Å². The van der Waals surface area contributed by atoms with Crippen LogP contribution in [0.2, 0.25) is 0 Å². The molecule has 1 heterocycles. The molecule has 0 saturated carbocycles. The van der Waals surface area contributed by atoms with E-state index in [0.717, 1.165) is 17.9 Å². The van der Waals surface area contributed by atoms with Crippen LogP contribution in [0.1, 0.15) is 30.1 Å². The minimum atomic E-state index is 0.187. The minimum absolute atomic E-state index is 0.187. The van der Waals surface area contributed by atoms with Crippen molar-refractivity contribution in [3.05, 3.63) is 71.8 Å². The molecule has 1 aromatic heterocycles. The van der Waals surface area contributed by atoms with Crippen molar-refractivity contribution < 1.29 is 9.21 Å². The summed E-state index contributed by atoms with van der Waals surface area (Å²) in [6.45, 7) is 0.619. The molecule has 3 nitrogen and oxygen atoms in total. The number of nitrogens with one attached hydrogen (secondary N) is 1. The van der Waals surface area contributed by atoms with Crippen molar-refractivity contribution in [2.75, 3.05) is 0 Å². The first-order valence-electron chi connectivity index (χ1n) is 6.86. The Balaban J connectivity index is 1.68. The molecule has 1 unspecified atom stereocenters. The molecule has 3 heteroatoms. The minimum Gasteiger partial charge on any atom is -0.467 e. The molecule has 0 spiro atoms. The van der Waals surface area contributed by atoms with Crippen LogP contribution in [-0.4, -0.2) is 5.78 Å². The van der Waals surface area contributed by atoms with Gasteiger partial charge >= 0.3 is 0 Å². The van der Waals surface area contributed by atoms with Crippen molar-refractivity contribution in [3.8, 4) is 0 Å². The largest absolute Gasteiger partial charge is 0.467 e. The summed E-state index contributed by atoms with van der Waals surface area (Å²) in [5.74, 6) is 1.33. The van der Waals surface area contributed by atoms with Gasteiger partial charge in [-0.25, -0.2) is 0 Å². The third kappa shape index (κ3) is 2.99. The van der Waals surface area contributed by atoms with Crippen LogP contribution >= 0.6 is 0 Å². The Labute approximate surface area is 118 Å². The molecule has 1 aliphatic rings. The molecule has 0 bridgehead atoms. The summed E-state index contributed by atoms with van der Waals surface area (Å²) < 4.78 is 5.29. The Morgan fingerprint density at radius 3 is 2.70 bits per heavy atom. The average molecular weight is 267 g/mol. The van der Waals surface area contributed by atoms with Crippen LogP contribution in [0.25, 0.3) is 0 Å². The molecule has 1 aromatic carbocycles. The highest BCUT2D eigenvalue weighted by atomic mass is 16.3. The Morgan fingerprint density at radius 2 is 1.95 bits per heavy atom. The summed E-state index contributed by atoms with van der Waals surface area (Å²) in [5.41, 5.74) is 2.22. The lowest BCUT2D eigenvalue weighted by atomic mass is 9.85. The van der Waals surface area contributed by atoms with Gasteiger partial charge in [0, 0.05) is 18.2 Å². The molecule has 0 saturated heterocycles. The first-order valence-corrected chi connectivity index (χ1v) is 6.86. The SMILES string of the molecule is O=C1C=C(NCc2ccco2)CC(c2ccccc2)C1. The number of rotatable bonds is 4. The van der Waals surface area contributed by atoms with Gasteiger partial charge in [-0.3, -0.25) is 4.79 Å². The second-order valence-corrected chi connectivity index (χ2v) is 5.08. The standard InChI is InChI=1S/C17H17NO2/c19-16-10-14(13-5-2-1-3-6-13)9-15(11-16)18-12-17-7-4-8-20-17/h1-8,11,14,18H,9-10,12H2. The number of hydrogen-bond donors (Lipinski definition) is 1. The maximum atomic E-state index is 11.9. The summed E-state index contributed by atoms with van der Waals surface area (Å²) in [4.78, 5) is 11.9. The van der Waals surface area contributed by atoms with Gasteiger partial charge in [-0.05, 0) is 30.0 Å². The smallest absolute Gasteiger partial charge is 0.158 e. The third-order valence-electron chi connectivity index (χ3n) is 3.59. The predicted molar refractivity (Wildman–Crippen MR) is 77.1 cm³/mol. The zero-order chi connectivity index (χ0) is 13.8. The van der Waals surface area contributed by atoms with E-state index in [1.165, 1.54) is 5.56 Å². The van der Waals surface area contributed by atoms with Crippen LogP contribution in [-0.2, 0) is 11.3 Å². The number of hydrogen-bond acceptors (Lipinski definition) is 3. The number of allylic oxidation sites excluding steroid dienone is 2. The van der Waals surface area contributed by atoms with Crippen LogP contribution in [0.15, 0.2) is 64.9 Å². The number of ketones is 1. The van der Waals surface area contributed by atoms with E-state index in [4.69, 9.17) is 4.42 Å². The highest BCUT2D eigenvalue weighted by molar-refractivity contribution is 5.91. The second kappa shape index (κ2) is 5.78. The molecule has 0 fully saturated rings. The quantitative estimate of drug-likeness (QED) is 0.923. The van der Waals surface area contributed by atoms with Gasteiger partial charge in [-0.15, -0.1) is 0 Å². The normalized spacial score (nSPS) is 18.7. The maximum Gasteiger partial charge on any atom is 0.158 e. The molecule has 0 amide bonds. The summed E-state index contributed by atoms with van der Waals surface area (Å²) in [6.07, 6.45) is 4.85. The van der Waals surface area contributed by atoms with E-state index in [0.29, 0.717) is 13.0 Å². The molecule has 1 atom stereocenters. The molecule has 0 aliphatic heterocycles. The first-order chi connectivity index (χ1) is 9.81. The monoisotopic (exact) mass is 267 g/mol. The Bertz CT molecular complexity index is 599. The van der Waals surface area contributed by atoms with E-state index < -0.39 is 0 Å². The van der Waals surface area contributed by atoms with Gasteiger partial charge < -0.3 is 9.73 Å². The molecule has 3 rings (SSSR count). The first kappa shape index (κ1) is 12.7. The van der Waals surface area contributed by atoms with Crippen molar-refractivity contribution in [2.24, 2.45) is 0 Å². The van der Waals surface area contributed by atoms with E-state index in [1.807, 2.05) is 30.3 Å². The fourth-order valence-electron chi connectivity index (χ4n) is 2.59. The number of carbonyl (C=O) groups excluding carboxylic acids is 1. The highest BCUT2D eigenvalue weighted by Gasteiger charge is 2.21. The molecular weight excluding hydrogens is 250 g/mol. The fraction of sp³-hybridized carbons (Fsp3) is 0.235. The van der Waals surface area contributed by atoms with Crippen LogP contribution in [0.4, 0.5) is 0 Å². The molecular formula is C17H17NO2. The predicted octanol–water partition coefficient (Wildman–Crippen LogP) is 3.40. The number of benzene rings is 1. The number of carbonyl (C=O) groups is 1. The van der Waals surface area contributed by atoms with Crippen LogP contribution in [0, 0.1) is 0 Å². The number of furan rings is 1. The Morgan fingerprint density at radius 1 is 1.10 bits per heavy atom. The summed E-state index contributed by atoms with van der Waals surface area (Å²) in [5, 5.41) is 3.30. The van der Waals surface area contributed by atoms with E-state index in [9.17, 15) is 4.79 Å². The molecule has 102 valence electrons. The van der Waals surface area contributed by atoms with Crippen molar-refractivity contribution in [3.63, 3.8) is 0 Å². The van der Waals surface area contributed by atoms with Crippen LogP contribution in [0.3, 0.4) is 0 Å². The molecule has 1 aliphatic carbocycles. The van der Waals surface area contributed by atoms with Gasteiger partial charge in [0.05, 0.1) is 12.8 Å². The summed E-state index contributed by atoms with van der Waals surface area (Å²) in [6, 6.07) is 14.0. The van der Waals surface area contributed by atoms with E-state index in [-0.39, 0.29) is 11.7 Å². The van der Waals surface area contributed by atoms with Gasteiger partial charge in [-0.2, -0.15) is 0 Å². The lowest BCUT2D eigenvalue weighted by Gasteiger charge is -2.23. The lowest BCUT2D eigenvalue weighted by Crippen LogP contribution is -2.21. The summed E-state index contributed by atoms with van der Waals surface area (Å²) in [7, 11) is 0. The van der Waals surface area contributed by atoms with Crippen molar-refractivity contribution in [2.45, 2.75) is 25.3 Å². The van der Waals surface area contributed by atoms with Gasteiger partial charge in [0.15, 0.2) is 5.78 Å². The van der Waals surface area contributed by atoms with Crippen molar-refractivity contribution >= 4 is 5.78 Å². The molecule has 2 aromatic rings. The van der Waals surface area contributed by atoms with Gasteiger partial charge in [0.1, 0.15) is 5.76 Å². The van der Waals surface area contributed by atoms with Gasteiger partial charge in [0.2, 0.25) is 0 Å². The van der Waals surface area contributed by atoms with Gasteiger partial charge in [-0.1, -0.05) is 30.3 Å². The average Bonchev–Trinajstić information content (AvgIpc) is 2.99. The lowest BCUT2D eigenvalue weighted by molar-refractivity contribution is -0.115. The van der Waals surface area contributed by atoms with E-state index in [1.54, 1.807) is 12.3 Å². The Hall–Kier alpha value is -2.29. The Kier molecular flexibility index (Phi) is 3.68. The maximum absolute atomic E-state index is 11.9. The fourth-order valence-corrected chi connectivity index (χ4v) is 2.59. The van der Waals surface area contributed by atoms with Crippen molar-refractivity contribution in [1.29, 1.82) is 0 Å². The van der Waals surface area contributed by atoms with E-state index >= 15 is 0 Å². The molecule has 0 radical (unpaired) electrons. The van der Waals surface area contributed by atoms with Crippen LogP contribution < -0.4 is 5.32 Å². The molecule has 20 heavy (non-hydrogen) atoms. The highest BCUT2D eigenvalue weighted by Crippen LogP contribution is 2.30. The molecule has 1 N–H and O–H groups in total. The van der Waals surface area contributed by atoms with E-state index in [2.05, 4.69) is 17.4 Å². The summed E-state index contributed by atoms with van der Waals surface area (Å²) >= 11 is 0. The topological polar surface area (TPSA) is 42.2 Å². The van der Waals surface area contributed by atoms with Gasteiger partial charge in [0.25, 0.3) is 0 Å². The second-order valence-electron chi connectivity index (χ2n) is 5.08. The van der Waals surface area contributed by atoms with Crippen LogP contribution in [0.5, 0.6) is 0 Å². The third-order valence-corrected chi connectivity index (χ3v) is 3.59. The zero-order valence-electron chi connectivity index (χ0n) is 11.2. The zero-order valence-corrected chi connectivity index (χ0v) is 11.2.